The Morgan fingerprint density at radius 2 is 2.19 bits per heavy atom. The highest BCUT2D eigenvalue weighted by molar-refractivity contribution is 6.76. The summed E-state index contributed by atoms with van der Waals surface area (Å²) in [6.07, 6.45) is 9.54. The van der Waals surface area contributed by atoms with Crippen LogP contribution in [0.4, 0.5) is 0 Å². The van der Waals surface area contributed by atoms with Crippen LogP contribution in [0, 0.1) is 17.2 Å². The van der Waals surface area contributed by atoms with Crippen molar-refractivity contribution in [2.75, 3.05) is 6.61 Å². The fourth-order valence-corrected chi connectivity index (χ4v) is 5.02. The van der Waals surface area contributed by atoms with Crippen LogP contribution < -0.4 is 0 Å². The average Bonchev–Trinajstić information content (AvgIpc) is 3.48. The van der Waals surface area contributed by atoms with Gasteiger partial charge in [0.15, 0.2) is 0 Å². The van der Waals surface area contributed by atoms with Crippen molar-refractivity contribution in [1.82, 2.24) is 24.3 Å². The van der Waals surface area contributed by atoms with E-state index in [0.717, 1.165) is 41.4 Å². The molecule has 3 aromatic rings. The van der Waals surface area contributed by atoms with Crippen molar-refractivity contribution in [3.05, 3.63) is 31.0 Å². The first-order valence-electron chi connectivity index (χ1n) is 11.2. The lowest BCUT2D eigenvalue weighted by Gasteiger charge is -2.20. The van der Waals surface area contributed by atoms with Gasteiger partial charge in [0.05, 0.1) is 30.4 Å². The van der Waals surface area contributed by atoms with E-state index in [9.17, 15) is 10.1 Å². The highest BCUT2D eigenvalue weighted by Crippen LogP contribution is 2.35. The summed E-state index contributed by atoms with van der Waals surface area (Å²) in [5, 5.41) is 14.8. The molecule has 8 nitrogen and oxygen atoms in total. The molecule has 3 heterocycles. The molecule has 1 aliphatic carbocycles. The second-order valence-electron chi connectivity index (χ2n) is 9.77. The monoisotopic (exact) mass is 450 g/mol. The number of fused-ring (bicyclic) bond motifs is 1. The number of Topliss-reactive ketones (excluding diaryl/α,β-unsaturated/α-hetero) is 1. The summed E-state index contributed by atoms with van der Waals surface area (Å²) >= 11 is 0. The van der Waals surface area contributed by atoms with Gasteiger partial charge in [-0.15, -0.1) is 0 Å². The number of nitrogens with zero attached hydrogens (tertiary/aromatic N) is 6. The van der Waals surface area contributed by atoms with E-state index in [1.54, 1.807) is 12.5 Å². The smallest absolute Gasteiger partial charge is 0.145 e. The van der Waals surface area contributed by atoms with Crippen LogP contribution in [-0.2, 0) is 16.3 Å². The normalized spacial score (nSPS) is 17.7. The van der Waals surface area contributed by atoms with Crippen LogP contribution >= 0.6 is 0 Å². The lowest BCUT2D eigenvalue weighted by Crippen LogP contribution is -2.22. The van der Waals surface area contributed by atoms with Crippen LogP contribution in [0.25, 0.3) is 22.3 Å². The first kappa shape index (κ1) is 22.4. The maximum Gasteiger partial charge on any atom is 0.145 e. The van der Waals surface area contributed by atoms with Gasteiger partial charge in [-0.25, -0.2) is 9.97 Å². The highest BCUT2D eigenvalue weighted by Gasteiger charge is 2.31. The zero-order valence-electron chi connectivity index (χ0n) is 19.0. The van der Waals surface area contributed by atoms with Gasteiger partial charge < -0.3 is 9.30 Å². The molecule has 9 heteroatoms. The molecule has 0 aliphatic heterocycles. The van der Waals surface area contributed by atoms with Crippen LogP contribution in [0.2, 0.25) is 25.7 Å². The number of hydrogen-bond acceptors (Lipinski definition) is 6. The minimum absolute atomic E-state index is 0.0955. The summed E-state index contributed by atoms with van der Waals surface area (Å²) in [6, 6.07) is 5.30. The molecule has 0 spiro atoms. The summed E-state index contributed by atoms with van der Waals surface area (Å²) in [5.74, 6) is 0.436. The van der Waals surface area contributed by atoms with E-state index in [4.69, 9.17) is 4.74 Å². The van der Waals surface area contributed by atoms with Crippen molar-refractivity contribution < 1.29 is 9.53 Å². The van der Waals surface area contributed by atoms with Gasteiger partial charge in [-0.05, 0) is 24.4 Å². The number of carbonyl (C=O) groups is 1. The van der Waals surface area contributed by atoms with Crippen molar-refractivity contribution >= 4 is 24.9 Å². The Morgan fingerprint density at radius 1 is 1.34 bits per heavy atom. The molecule has 0 amide bonds. The van der Waals surface area contributed by atoms with E-state index >= 15 is 0 Å². The van der Waals surface area contributed by atoms with Gasteiger partial charge in [0, 0.05) is 50.9 Å². The predicted molar refractivity (Wildman–Crippen MR) is 124 cm³/mol. The third kappa shape index (κ3) is 4.97. The Balaban J connectivity index is 1.54. The molecule has 4 rings (SSSR count). The van der Waals surface area contributed by atoms with Crippen molar-refractivity contribution in [2.24, 2.45) is 5.92 Å². The molecule has 1 unspecified atom stereocenters. The number of ketones is 1. The van der Waals surface area contributed by atoms with Crippen LogP contribution in [-0.4, -0.2) is 44.8 Å². The minimum Gasteiger partial charge on any atom is -0.361 e. The molecule has 0 saturated heterocycles. The molecule has 1 fully saturated rings. The Kier molecular flexibility index (Phi) is 6.53. The average molecular weight is 451 g/mol. The zero-order chi connectivity index (χ0) is 22.7. The standard InChI is InChI=1S/C23H30N6O2Si/c1-32(2,3)11-10-31-16-28-9-7-20-22(25-15-26-23(20)28)18-13-27-29(14-18)21(6-8-24)17-4-5-19(30)12-17/h7,9,13-15,17,21H,4-6,10-12,16H2,1-3H3/t17-,21?/m0/s1. The second-order valence-corrected chi connectivity index (χ2v) is 15.4. The number of ether oxygens (including phenoxy) is 1. The Labute approximate surface area is 189 Å². The third-order valence-corrected chi connectivity index (χ3v) is 7.83. The van der Waals surface area contributed by atoms with Gasteiger partial charge in [-0.3, -0.25) is 9.48 Å². The van der Waals surface area contributed by atoms with E-state index in [1.165, 1.54) is 0 Å². The molecular weight excluding hydrogens is 420 g/mol. The molecule has 32 heavy (non-hydrogen) atoms. The molecule has 3 aromatic heterocycles. The van der Waals surface area contributed by atoms with Crippen molar-refractivity contribution in [1.29, 1.82) is 5.26 Å². The fraction of sp³-hybridized carbons (Fsp3) is 0.522. The van der Waals surface area contributed by atoms with Crippen LogP contribution in [0.1, 0.15) is 31.7 Å². The molecular formula is C23H30N6O2Si. The number of rotatable bonds is 9. The Hall–Kier alpha value is -2.83. The largest absolute Gasteiger partial charge is 0.361 e. The Bertz CT molecular complexity index is 1140. The van der Waals surface area contributed by atoms with E-state index in [0.29, 0.717) is 26.0 Å². The topological polar surface area (TPSA) is 98.6 Å². The van der Waals surface area contributed by atoms with E-state index < -0.39 is 8.07 Å². The predicted octanol–water partition coefficient (Wildman–Crippen LogP) is 4.43. The van der Waals surface area contributed by atoms with Crippen LogP contribution in [0.5, 0.6) is 0 Å². The third-order valence-electron chi connectivity index (χ3n) is 6.13. The Morgan fingerprint density at radius 3 is 2.91 bits per heavy atom. The second kappa shape index (κ2) is 9.34. The van der Waals surface area contributed by atoms with Gasteiger partial charge in [-0.2, -0.15) is 10.4 Å². The minimum atomic E-state index is -1.12. The maximum absolute atomic E-state index is 11.8. The molecule has 0 radical (unpaired) electrons. The quantitative estimate of drug-likeness (QED) is 0.353. The summed E-state index contributed by atoms with van der Waals surface area (Å²) < 4.78 is 9.74. The number of carbonyl (C=O) groups excluding carboxylic acids is 1. The summed E-state index contributed by atoms with van der Waals surface area (Å²) in [4.78, 5) is 20.8. The van der Waals surface area contributed by atoms with Gasteiger partial charge in [0.1, 0.15) is 24.5 Å². The lowest BCUT2D eigenvalue weighted by molar-refractivity contribution is -0.117. The van der Waals surface area contributed by atoms with Crippen LogP contribution in [0.15, 0.2) is 31.0 Å². The van der Waals surface area contributed by atoms with Crippen molar-refractivity contribution in [2.45, 2.75) is 64.1 Å². The molecule has 168 valence electrons. The van der Waals surface area contributed by atoms with Crippen LogP contribution in [0.3, 0.4) is 0 Å². The van der Waals surface area contributed by atoms with Gasteiger partial charge in [0.25, 0.3) is 0 Å². The van der Waals surface area contributed by atoms with E-state index in [2.05, 4.69) is 40.8 Å². The van der Waals surface area contributed by atoms with E-state index in [1.807, 2.05) is 27.7 Å². The molecule has 0 bridgehead atoms. The molecule has 2 atom stereocenters. The highest BCUT2D eigenvalue weighted by atomic mass is 28.3. The van der Waals surface area contributed by atoms with Crippen molar-refractivity contribution in [3.8, 4) is 17.3 Å². The molecule has 0 aromatic carbocycles. The first-order chi connectivity index (χ1) is 15.4. The van der Waals surface area contributed by atoms with E-state index in [-0.39, 0.29) is 17.7 Å². The molecule has 1 saturated carbocycles. The SMILES string of the molecule is C[Si](C)(C)CCOCn1ccc2c(-c3cnn(C(CC#N)[C@H]4CCC(=O)C4)c3)ncnc21. The zero-order valence-corrected chi connectivity index (χ0v) is 20.0. The number of hydrogen-bond donors (Lipinski definition) is 0. The maximum atomic E-state index is 11.8. The fourth-order valence-electron chi connectivity index (χ4n) is 4.26. The summed E-state index contributed by atoms with van der Waals surface area (Å²) in [5.41, 5.74) is 2.51. The number of aromatic nitrogens is 5. The first-order valence-corrected chi connectivity index (χ1v) is 14.9. The molecule has 1 aliphatic rings. The van der Waals surface area contributed by atoms with Gasteiger partial charge >= 0.3 is 0 Å². The summed E-state index contributed by atoms with van der Waals surface area (Å²) in [7, 11) is -1.12. The number of nitriles is 1. The van der Waals surface area contributed by atoms with Crippen molar-refractivity contribution in [3.63, 3.8) is 0 Å². The molecule has 0 N–H and O–H groups in total. The van der Waals surface area contributed by atoms with Gasteiger partial charge in [-0.1, -0.05) is 19.6 Å². The van der Waals surface area contributed by atoms with Gasteiger partial charge in [0.2, 0.25) is 0 Å². The lowest BCUT2D eigenvalue weighted by atomic mass is 9.96. The summed E-state index contributed by atoms with van der Waals surface area (Å²) in [6.45, 7) is 8.24.